The topological polar surface area (TPSA) is 86.9 Å². The van der Waals surface area contributed by atoms with Crippen molar-refractivity contribution in [3.63, 3.8) is 0 Å². The van der Waals surface area contributed by atoms with Gasteiger partial charge in [-0.25, -0.2) is 0 Å². The SMILES string of the molecule is C=CCOc1ccc([C@]2(O)NC(=S)N[C@@H](c3ccc(-c4ccc(Cl)cc4)o3)[C@]2(O)C(F)(F)F)cc1. The molecule has 184 valence electrons. The predicted molar refractivity (Wildman–Crippen MR) is 128 cm³/mol. The third-order valence-corrected chi connectivity index (χ3v) is 6.12. The van der Waals surface area contributed by atoms with Crippen LogP contribution in [0.25, 0.3) is 11.3 Å². The van der Waals surface area contributed by atoms with Crippen LogP contribution in [-0.2, 0) is 5.72 Å². The van der Waals surface area contributed by atoms with E-state index in [1.54, 1.807) is 24.3 Å². The summed E-state index contributed by atoms with van der Waals surface area (Å²) in [5, 5.41) is 27.4. The quantitative estimate of drug-likeness (QED) is 0.272. The van der Waals surface area contributed by atoms with Gasteiger partial charge < -0.3 is 30.0 Å². The second-order valence-electron chi connectivity index (χ2n) is 7.84. The second kappa shape index (κ2) is 9.19. The minimum atomic E-state index is -5.34. The minimum Gasteiger partial charge on any atom is -0.490 e. The van der Waals surface area contributed by atoms with Crippen LogP contribution in [0.15, 0.2) is 77.7 Å². The first kappa shape index (κ1) is 25.1. The van der Waals surface area contributed by atoms with Crippen LogP contribution in [0, 0.1) is 0 Å². The van der Waals surface area contributed by atoms with Gasteiger partial charge in [-0.05, 0) is 60.7 Å². The van der Waals surface area contributed by atoms with Gasteiger partial charge in [0.15, 0.2) is 5.11 Å². The summed E-state index contributed by atoms with van der Waals surface area (Å²) in [5.41, 5.74) is -6.61. The van der Waals surface area contributed by atoms with Crippen molar-refractivity contribution in [3.8, 4) is 17.1 Å². The first-order valence-corrected chi connectivity index (χ1v) is 11.1. The van der Waals surface area contributed by atoms with Crippen molar-refractivity contribution in [2.75, 3.05) is 6.61 Å². The molecule has 4 rings (SSSR count). The Bertz CT molecular complexity index is 1230. The van der Waals surface area contributed by atoms with E-state index in [2.05, 4.69) is 17.2 Å². The highest BCUT2D eigenvalue weighted by Gasteiger charge is 2.74. The number of rotatable bonds is 6. The summed E-state index contributed by atoms with van der Waals surface area (Å²) in [7, 11) is 0. The summed E-state index contributed by atoms with van der Waals surface area (Å²) >= 11 is 11.0. The number of hydrogen-bond donors (Lipinski definition) is 4. The molecule has 1 fully saturated rings. The standard InChI is InChI=1S/C24H20ClF3N2O4S/c1-2-13-33-17-9-5-15(6-10-17)23(32)22(31,24(26,27)28)20(29-21(35)30-23)19-12-11-18(34-19)14-3-7-16(25)8-4-14/h2-12,20,31-32H,1,13H2,(H2,29,30,35)/t20-,22+,23+/m0/s1. The summed E-state index contributed by atoms with van der Waals surface area (Å²) in [4.78, 5) is 0. The lowest BCUT2D eigenvalue weighted by atomic mass is 9.75. The molecule has 0 bridgehead atoms. The van der Waals surface area contributed by atoms with Crippen LogP contribution >= 0.6 is 23.8 Å². The average Bonchev–Trinajstić information content (AvgIpc) is 3.30. The van der Waals surface area contributed by atoms with E-state index in [9.17, 15) is 23.4 Å². The van der Waals surface area contributed by atoms with Crippen molar-refractivity contribution in [3.05, 3.63) is 89.7 Å². The third-order valence-electron chi connectivity index (χ3n) is 5.65. The van der Waals surface area contributed by atoms with E-state index >= 15 is 0 Å². The molecule has 2 heterocycles. The predicted octanol–water partition coefficient (Wildman–Crippen LogP) is 4.82. The average molecular weight is 525 g/mol. The fraction of sp³-hybridized carbons (Fsp3) is 0.208. The number of halogens is 4. The Labute approximate surface area is 209 Å². The van der Waals surface area contributed by atoms with Gasteiger partial charge in [0.2, 0.25) is 11.3 Å². The highest BCUT2D eigenvalue weighted by molar-refractivity contribution is 7.80. The first-order valence-electron chi connectivity index (χ1n) is 10.3. The second-order valence-corrected chi connectivity index (χ2v) is 8.68. The molecule has 4 N–H and O–H groups in total. The highest BCUT2D eigenvalue weighted by atomic mass is 35.5. The van der Waals surface area contributed by atoms with E-state index in [1.807, 2.05) is 0 Å². The molecule has 11 heteroatoms. The van der Waals surface area contributed by atoms with Gasteiger partial charge >= 0.3 is 6.18 Å². The summed E-state index contributed by atoms with van der Waals surface area (Å²) in [6.07, 6.45) is -3.84. The molecule has 0 spiro atoms. The minimum absolute atomic E-state index is 0.179. The summed E-state index contributed by atoms with van der Waals surface area (Å²) in [6, 6.07) is 12.3. The van der Waals surface area contributed by atoms with Crippen LogP contribution in [0.3, 0.4) is 0 Å². The lowest BCUT2D eigenvalue weighted by molar-refractivity contribution is -0.343. The van der Waals surface area contributed by atoms with Gasteiger partial charge in [-0.1, -0.05) is 36.4 Å². The maximum Gasteiger partial charge on any atom is 0.424 e. The Morgan fingerprint density at radius 2 is 1.74 bits per heavy atom. The molecule has 0 unspecified atom stereocenters. The molecule has 1 saturated heterocycles. The van der Waals surface area contributed by atoms with Crippen LogP contribution < -0.4 is 15.4 Å². The Morgan fingerprint density at radius 1 is 1.09 bits per heavy atom. The monoisotopic (exact) mass is 524 g/mol. The molecule has 2 aromatic carbocycles. The largest absolute Gasteiger partial charge is 0.490 e. The zero-order chi connectivity index (χ0) is 25.4. The normalized spacial score (nSPS) is 24.4. The van der Waals surface area contributed by atoms with E-state index < -0.39 is 23.5 Å². The van der Waals surface area contributed by atoms with Crippen LogP contribution in [-0.4, -0.2) is 33.7 Å². The molecule has 0 amide bonds. The first-order chi connectivity index (χ1) is 16.5. The van der Waals surface area contributed by atoms with Gasteiger partial charge in [0.1, 0.15) is 29.9 Å². The van der Waals surface area contributed by atoms with Crippen molar-refractivity contribution in [1.82, 2.24) is 10.6 Å². The molecule has 3 aromatic rings. The zero-order valence-corrected chi connectivity index (χ0v) is 19.5. The third kappa shape index (κ3) is 4.38. The number of ether oxygens (including phenoxy) is 1. The molecule has 3 atom stereocenters. The lowest BCUT2D eigenvalue weighted by Gasteiger charge is -2.52. The van der Waals surface area contributed by atoms with Crippen molar-refractivity contribution in [1.29, 1.82) is 0 Å². The fourth-order valence-corrected chi connectivity index (χ4v) is 4.29. The number of aliphatic hydroxyl groups is 2. The lowest BCUT2D eigenvalue weighted by Crippen LogP contribution is -2.77. The molecule has 0 radical (unpaired) electrons. The Balaban J connectivity index is 1.79. The molecule has 0 aliphatic carbocycles. The number of thiocarbonyl (C=S) groups is 1. The van der Waals surface area contributed by atoms with Gasteiger partial charge in [-0.15, -0.1) is 0 Å². The number of nitrogens with one attached hydrogen (secondary N) is 2. The van der Waals surface area contributed by atoms with Crippen LogP contribution in [0.5, 0.6) is 5.75 Å². The molecule has 35 heavy (non-hydrogen) atoms. The Morgan fingerprint density at radius 3 is 2.34 bits per heavy atom. The Kier molecular flexibility index (Phi) is 6.58. The van der Waals surface area contributed by atoms with Gasteiger partial charge in [-0.2, -0.15) is 13.2 Å². The van der Waals surface area contributed by atoms with E-state index in [-0.39, 0.29) is 28.8 Å². The highest BCUT2D eigenvalue weighted by Crippen LogP contribution is 2.52. The van der Waals surface area contributed by atoms with E-state index in [4.69, 9.17) is 33.0 Å². The van der Waals surface area contributed by atoms with Gasteiger partial charge in [0, 0.05) is 16.1 Å². The smallest absolute Gasteiger partial charge is 0.424 e. The van der Waals surface area contributed by atoms with Gasteiger partial charge in [0.05, 0.1) is 0 Å². The Hall–Kier alpha value is -3.05. The number of alkyl halides is 3. The van der Waals surface area contributed by atoms with Gasteiger partial charge in [0.25, 0.3) is 0 Å². The molecular weight excluding hydrogens is 505 g/mol. The van der Waals surface area contributed by atoms with Crippen LogP contribution in [0.4, 0.5) is 13.2 Å². The maximum atomic E-state index is 14.6. The van der Waals surface area contributed by atoms with Crippen LogP contribution in [0.2, 0.25) is 5.02 Å². The molecule has 0 saturated carbocycles. The van der Waals surface area contributed by atoms with Crippen molar-refractivity contribution < 1.29 is 32.5 Å². The molecular formula is C24H20ClF3N2O4S. The summed E-state index contributed by atoms with van der Waals surface area (Å²) in [5.74, 6) is 0.280. The van der Waals surface area contributed by atoms with Gasteiger partial charge in [-0.3, -0.25) is 0 Å². The van der Waals surface area contributed by atoms with Crippen molar-refractivity contribution in [2.24, 2.45) is 0 Å². The number of benzene rings is 2. The molecule has 1 aliphatic rings. The van der Waals surface area contributed by atoms with Crippen molar-refractivity contribution >= 4 is 28.9 Å². The molecule has 6 nitrogen and oxygen atoms in total. The fourth-order valence-electron chi connectivity index (χ4n) is 3.90. The van der Waals surface area contributed by atoms with Crippen molar-refractivity contribution in [2.45, 2.75) is 23.5 Å². The number of furan rings is 1. The zero-order valence-electron chi connectivity index (χ0n) is 18.0. The van der Waals surface area contributed by atoms with E-state index in [0.717, 1.165) is 0 Å². The maximum absolute atomic E-state index is 14.6. The summed E-state index contributed by atoms with van der Waals surface area (Å²) < 4.78 is 54.7. The summed E-state index contributed by atoms with van der Waals surface area (Å²) in [6.45, 7) is 3.70. The number of hydrogen-bond acceptors (Lipinski definition) is 5. The molecule has 1 aliphatic heterocycles. The van der Waals surface area contributed by atoms with E-state index in [0.29, 0.717) is 16.3 Å². The van der Waals surface area contributed by atoms with Crippen LogP contribution in [0.1, 0.15) is 17.4 Å². The van der Waals surface area contributed by atoms with E-state index in [1.165, 1.54) is 42.5 Å². The molecule has 1 aromatic heterocycles.